The van der Waals surface area contributed by atoms with E-state index in [-0.39, 0.29) is 0 Å². The predicted molar refractivity (Wildman–Crippen MR) is 85.4 cm³/mol. The van der Waals surface area contributed by atoms with Gasteiger partial charge in [-0.25, -0.2) is 0 Å². The molecule has 1 heterocycles. The fraction of sp³-hybridized carbons (Fsp3) is 0.571. The molecule has 1 fully saturated rings. The average molecular weight is 392 g/mol. The molecule has 0 unspecified atom stereocenters. The maximum absolute atomic E-state index is 5.34. The number of ether oxygens (including phenoxy) is 1. The molecule has 1 aromatic carbocycles. The van der Waals surface area contributed by atoms with Crippen molar-refractivity contribution in [2.75, 3.05) is 39.4 Å². The molecular weight excluding hydrogens is 372 g/mol. The van der Waals surface area contributed by atoms with Crippen molar-refractivity contribution in [2.45, 2.75) is 13.0 Å². The molecule has 0 atom stereocenters. The molecule has 0 amide bonds. The standard InChI is InChI=1S/C14H20Br2N2O/c15-13-2-3-14(16)12(10-13)11-17-4-1-5-18-6-8-19-9-7-18/h2-3,10,17H,1,4-9,11H2. The molecule has 3 nitrogen and oxygen atoms in total. The summed E-state index contributed by atoms with van der Waals surface area (Å²) in [6.45, 7) is 7.06. The monoisotopic (exact) mass is 390 g/mol. The topological polar surface area (TPSA) is 24.5 Å². The number of nitrogens with zero attached hydrogens (tertiary/aromatic N) is 1. The third-order valence-electron chi connectivity index (χ3n) is 3.25. The van der Waals surface area contributed by atoms with Crippen molar-refractivity contribution in [1.82, 2.24) is 10.2 Å². The Morgan fingerprint density at radius 3 is 2.79 bits per heavy atom. The normalized spacial score (nSPS) is 16.7. The molecule has 5 heteroatoms. The van der Waals surface area contributed by atoms with E-state index in [0.717, 1.165) is 54.9 Å². The van der Waals surface area contributed by atoms with E-state index in [1.807, 2.05) is 6.07 Å². The first-order valence-corrected chi connectivity index (χ1v) is 8.29. The van der Waals surface area contributed by atoms with Crippen LogP contribution < -0.4 is 5.32 Å². The Balaban J connectivity index is 1.62. The van der Waals surface area contributed by atoms with E-state index in [2.05, 4.69) is 54.2 Å². The van der Waals surface area contributed by atoms with Crippen LogP contribution in [0.15, 0.2) is 27.1 Å². The summed E-state index contributed by atoms with van der Waals surface area (Å²) in [5, 5.41) is 3.50. The molecule has 0 spiro atoms. The second kappa shape index (κ2) is 8.37. The van der Waals surface area contributed by atoms with E-state index < -0.39 is 0 Å². The van der Waals surface area contributed by atoms with Gasteiger partial charge in [0.2, 0.25) is 0 Å². The van der Waals surface area contributed by atoms with Crippen LogP contribution in [0, 0.1) is 0 Å². The van der Waals surface area contributed by atoms with Gasteiger partial charge in [-0.15, -0.1) is 0 Å². The lowest BCUT2D eigenvalue weighted by Gasteiger charge is -2.26. The van der Waals surface area contributed by atoms with Crippen LogP contribution in [0.4, 0.5) is 0 Å². The first-order chi connectivity index (χ1) is 9.25. The van der Waals surface area contributed by atoms with Gasteiger partial charge < -0.3 is 10.1 Å². The smallest absolute Gasteiger partial charge is 0.0594 e. The quantitative estimate of drug-likeness (QED) is 0.754. The van der Waals surface area contributed by atoms with Crippen LogP contribution in [0.1, 0.15) is 12.0 Å². The molecule has 0 bridgehead atoms. The van der Waals surface area contributed by atoms with Gasteiger partial charge in [0, 0.05) is 28.6 Å². The minimum atomic E-state index is 0.887. The molecule has 1 aliphatic rings. The number of halogens is 2. The summed E-state index contributed by atoms with van der Waals surface area (Å²) in [6, 6.07) is 6.28. The Hall–Kier alpha value is 0.0600. The lowest BCUT2D eigenvalue weighted by atomic mass is 10.2. The number of nitrogens with one attached hydrogen (secondary N) is 1. The molecule has 0 aromatic heterocycles. The van der Waals surface area contributed by atoms with Crippen LogP contribution in [0.5, 0.6) is 0 Å². The Morgan fingerprint density at radius 2 is 2.00 bits per heavy atom. The Morgan fingerprint density at radius 1 is 1.21 bits per heavy atom. The average Bonchev–Trinajstić information content (AvgIpc) is 2.43. The molecule has 106 valence electrons. The van der Waals surface area contributed by atoms with Gasteiger partial charge in [0.25, 0.3) is 0 Å². The van der Waals surface area contributed by atoms with Crippen LogP contribution in [0.2, 0.25) is 0 Å². The number of hydrogen-bond acceptors (Lipinski definition) is 3. The zero-order valence-corrected chi connectivity index (χ0v) is 14.2. The summed E-state index contributed by atoms with van der Waals surface area (Å²) in [5.41, 5.74) is 1.29. The van der Waals surface area contributed by atoms with Crippen LogP contribution in [0.25, 0.3) is 0 Å². The molecule has 19 heavy (non-hydrogen) atoms. The molecule has 1 aromatic rings. The number of benzene rings is 1. The van der Waals surface area contributed by atoms with Crippen molar-refractivity contribution in [1.29, 1.82) is 0 Å². The van der Waals surface area contributed by atoms with Gasteiger partial charge in [-0.1, -0.05) is 31.9 Å². The lowest BCUT2D eigenvalue weighted by Crippen LogP contribution is -2.37. The zero-order chi connectivity index (χ0) is 13.5. The highest BCUT2D eigenvalue weighted by Crippen LogP contribution is 2.21. The summed E-state index contributed by atoms with van der Waals surface area (Å²) in [6.07, 6.45) is 1.19. The fourth-order valence-corrected chi connectivity index (χ4v) is 2.95. The van der Waals surface area contributed by atoms with E-state index in [4.69, 9.17) is 4.74 Å². The molecule has 1 N–H and O–H groups in total. The van der Waals surface area contributed by atoms with Crippen LogP contribution in [-0.2, 0) is 11.3 Å². The van der Waals surface area contributed by atoms with E-state index in [1.54, 1.807) is 0 Å². The minimum Gasteiger partial charge on any atom is -0.379 e. The molecule has 0 aliphatic carbocycles. The van der Waals surface area contributed by atoms with E-state index in [9.17, 15) is 0 Å². The third-order valence-corrected chi connectivity index (χ3v) is 4.52. The molecule has 1 saturated heterocycles. The molecule has 2 rings (SSSR count). The van der Waals surface area contributed by atoms with E-state index >= 15 is 0 Å². The Kier molecular flexibility index (Phi) is 6.81. The Labute approximate surface area is 132 Å². The second-order valence-electron chi connectivity index (χ2n) is 4.72. The predicted octanol–water partition coefficient (Wildman–Crippen LogP) is 3.02. The third kappa shape index (κ3) is 5.52. The van der Waals surface area contributed by atoms with E-state index in [1.165, 1.54) is 12.0 Å². The second-order valence-corrected chi connectivity index (χ2v) is 6.49. The highest BCUT2D eigenvalue weighted by Gasteiger charge is 2.09. The summed E-state index contributed by atoms with van der Waals surface area (Å²) < 4.78 is 7.63. The molecule has 0 radical (unpaired) electrons. The van der Waals surface area contributed by atoms with Crippen molar-refractivity contribution in [3.63, 3.8) is 0 Å². The molecule has 0 saturated carbocycles. The first kappa shape index (κ1) is 15.4. The Bertz CT molecular complexity index is 395. The van der Waals surface area contributed by atoms with Gasteiger partial charge >= 0.3 is 0 Å². The number of hydrogen-bond donors (Lipinski definition) is 1. The van der Waals surface area contributed by atoms with Crippen molar-refractivity contribution in [3.05, 3.63) is 32.7 Å². The zero-order valence-electron chi connectivity index (χ0n) is 11.0. The highest BCUT2D eigenvalue weighted by atomic mass is 79.9. The lowest BCUT2D eigenvalue weighted by molar-refractivity contribution is 0.0374. The highest BCUT2D eigenvalue weighted by molar-refractivity contribution is 9.11. The van der Waals surface area contributed by atoms with Crippen molar-refractivity contribution in [2.24, 2.45) is 0 Å². The number of morpholine rings is 1. The van der Waals surface area contributed by atoms with Gasteiger partial charge in [-0.2, -0.15) is 0 Å². The van der Waals surface area contributed by atoms with Gasteiger partial charge in [0.1, 0.15) is 0 Å². The van der Waals surface area contributed by atoms with Gasteiger partial charge in [0.05, 0.1) is 13.2 Å². The summed E-state index contributed by atoms with van der Waals surface area (Å²) >= 11 is 7.08. The number of rotatable bonds is 6. The van der Waals surface area contributed by atoms with Crippen molar-refractivity contribution < 1.29 is 4.74 Å². The van der Waals surface area contributed by atoms with Gasteiger partial charge in [0.15, 0.2) is 0 Å². The van der Waals surface area contributed by atoms with Gasteiger partial charge in [-0.05, 0) is 43.3 Å². The summed E-state index contributed by atoms with van der Waals surface area (Å²) in [5.74, 6) is 0. The van der Waals surface area contributed by atoms with E-state index in [0.29, 0.717) is 0 Å². The fourth-order valence-electron chi connectivity index (χ4n) is 2.15. The van der Waals surface area contributed by atoms with Crippen molar-refractivity contribution >= 4 is 31.9 Å². The first-order valence-electron chi connectivity index (χ1n) is 6.70. The molecule has 1 aliphatic heterocycles. The summed E-state index contributed by atoms with van der Waals surface area (Å²) in [7, 11) is 0. The molecular formula is C14H20Br2N2O. The van der Waals surface area contributed by atoms with Gasteiger partial charge in [-0.3, -0.25) is 4.90 Å². The SMILES string of the molecule is Brc1ccc(Br)c(CNCCCN2CCOCC2)c1. The summed E-state index contributed by atoms with van der Waals surface area (Å²) in [4.78, 5) is 2.47. The van der Waals surface area contributed by atoms with Crippen LogP contribution >= 0.6 is 31.9 Å². The minimum absolute atomic E-state index is 0.887. The van der Waals surface area contributed by atoms with Crippen LogP contribution in [-0.4, -0.2) is 44.3 Å². The maximum Gasteiger partial charge on any atom is 0.0594 e. The maximum atomic E-state index is 5.34. The van der Waals surface area contributed by atoms with Crippen LogP contribution in [0.3, 0.4) is 0 Å². The van der Waals surface area contributed by atoms with Crippen molar-refractivity contribution in [3.8, 4) is 0 Å². The largest absolute Gasteiger partial charge is 0.379 e.